The van der Waals surface area contributed by atoms with Gasteiger partial charge in [0, 0.05) is 33.8 Å². The molecule has 5 aromatic rings. The highest BCUT2D eigenvalue weighted by molar-refractivity contribution is 5.98. The third kappa shape index (κ3) is 4.19. The molecule has 0 spiro atoms. The number of aromatic amines is 2. The second-order valence-corrected chi connectivity index (χ2v) is 8.52. The van der Waals surface area contributed by atoms with Gasteiger partial charge >= 0.3 is 0 Å². The lowest BCUT2D eigenvalue weighted by Crippen LogP contribution is -2.24. The van der Waals surface area contributed by atoms with Gasteiger partial charge < -0.3 is 9.88 Å². The molecule has 2 N–H and O–H groups in total. The van der Waals surface area contributed by atoms with E-state index in [1.165, 1.54) is 12.1 Å². The van der Waals surface area contributed by atoms with Crippen LogP contribution >= 0.6 is 0 Å². The fraction of sp³-hybridized carbons (Fsp3) is 0.259. The molecule has 0 aliphatic heterocycles. The Morgan fingerprint density at radius 2 is 1.74 bits per heavy atom. The minimum atomic E-state index is -0.508. The summed E-state index contributed by atoms with van der Waals surface area (Å²) >= 11 is 0. The van der Waals surface area contributed by atoms with Crippen molar-refractivity contribution in [3.63, 3.8) is 0 Å². The van der Waals surface area contributed by atoms with Crippen LogP contribution in [0.3, 0.4) is 0 Å². The second kappa shape index (κ2) is 9.35. The van der Waals surface area contributed by atoms with Crippen LogP contribution in [0.2, 0.25) is 0 Å². The molecule has 34 heavy (non-hydrogen) atoms. The summed E-state index contributed by atoms with van der Waals surface area (Å²) in [6.07, 6.45) is 4.62. The third-order valence-electron chi connectivity index (χ3n) is 6.53. The van der Waals surface area contributed by atoms with E-state index in [4.69, 9.17) is 0 Å². The van der Waals surface area contributed by atoms with Crippen molar-refractivity contribution in [2.75, 3.05) is 19.6 Å². The molecule has 0 saturated heterocycles. The molecule has 5 nitrogen and oxygen atoms in total. The SMILES string of the molecule is CCN(CC)CCCc1c(F)cc(-c2cc3c(-c4ccc5[nH]ncc5c4)ccnc3[nH]2)cc1F. The van der Waals surface area contributed by atoms with Crippen molar-refractivity contribution in [1.82, 2.24) is 25.1 Å². The number of benzene rings is 2. The van der Waals surface area contributed by atoms with Gasteiger partial charge in [-0.1, -0.05) is 19.9 Å². The monoisotopic (exact) mass is 459 g/mol. The minimum Gasteiger partial charge on any atom is -0.339 e. The van der Waals surface area contributed by atoms with Crippen LogP contribution in [-0.2, 0) is 6.42 Å². The summed E-state index contributed by atoms with van der Waals surface area (Å²) in [5.74, 6) is -1.02. The number of aromatic nitrogens is 4. The summed E-state index contributed by atoms with van der Waals surface area (Å²) in [6.45, 7) is 6.89. The van der Waals surface area contributed by atoms with Gasteiger partial charge in [-0.05, 0) is 80.0 Å². The average Bonchev–Trinajstić information content (AvgIpc) is 3.49. The predicted molar refractivity (Wildman–Crippen MR) is 133 cm³/mol. The number of pyridine rings is 1. The van der Waals surface area contributed by atoms with E-state index < -0.39 is 11.6 Å². The van der Waals surface area contributed by atoms with Crippen LogP contribution in [0.5, 0.6) is 0 Å². The third-order valence-corrected chi connectivity index (χ3v) is 6.53. The number of fused-ring (bicyclic) bond motifs is 2. The zero-order valence-electron chi connectivity index (χ0n) is 19.3. The molecular formula is C27H27F2N5. The maximum absolute atomic E-state index is 14.9. The zero-order valence-corrected chi connectivity index (χ0v) is 19.3. The summed E-state index contributed by atoms with van der Waals surface area (Å²) in [5, 5.41) is 8.95. The van der Waals surface area contributed by atoms with Crippen LogP contribution in [0.15, 0.2) is 54.9 Å². The number of halogens is 2. The standard InChI is InChI=1S/C27H27F2N5/c1-3-34(4-2)11-5-6-21-23(28)13-18(14-24(21)29)26-15-22-20(9-10-30-27(22)32-26)17-7-8-25-19(12-17)16-31-33-25/h7-10,12-16H,3-6,11H2,1-2H3,(H,30,32)(H,31,33). The molecule has 0 radical (unpaired) electrons. The number of hydrogen-bond donors (Lipinski definition) is 2. The average molecular weight is 460 g/mol. The number of H-pyrrole nitrogens is 2. The molecule has 0 saturated carbocycles. The maximum atomic E-state index is 14.9. The molecule has 3 aromatic heterocycles. The fourth-order valence-corrected chi connectivity index (χ4v) is 4.56. The molecular weight excluding hydrogens is 432 g/mol. The lowest BCUT2D eigenvalue weighted by Gasteiger charge is -2.17. The Labute approximate surface area is 196 Å². The van der Waals surface area contributed by atoms with Crippen molar-refractivity contribution in [3.8, 4) is 22.4 Å². The summed E-state index contributed by atoms with van der Waals surface area (Å²) in [6, 6.07) is 12.8. The van der Waals surface area contributed by atoms with Crippen LogP contribution in [0.1, 0.15) is 25.8 Å². The Morgan fingerprint density at radius 3 is 2.50 bits per heavy atom. The van der Waals surface area contributed by atoms with Gasteiger partial charge in [-0.15, -0.1) is 0 Å². The first-order valence-corrected chi connectivity index (χ1v) is 11.7. The normalized spacial score (nSPS) is 11.8. The predicted octanol–water partition coefficient (Wildman–Crippen LogP) is 6.33. The molecule has 0 bridgehead atoms. The molecule has 0 aliphatic carbocycles. The number of rotatable bonds is 8. The van der Waals surface area contributed by atoms with Gasteiger partial charge in [0.15, 0.2) is 0 Å². The first kappa shape index (κ1) is 22.2. The Balaban J connectivity index is 1.46. The highest BCUT2D eigenvalue weighted by atomic mass is 19.1. The smallest absolute Gasteiger partial charge is 0.138 e. The summed E-state index contributed by atoms with van der Waals surface area (Å²) in [5.41, 5.74) is 4.90. The number of hydrogen-bond acceptors (Lipinski definition) is 3. The lowest BCUT2D eigenvalue weighted by molar-refractivity contribution is 0.299. The van der Waals surface area contributed by atoms with Gasteiger partial charge in [-0.25, -0.2) is 13.8 Å². The Bertz CT molecular complexity index is 1430. The molecule has 0 fully saturated rings. The topological polar surface area (TPSA) is 60.6 Å². The van der Waals surface area contributed by atoms with Crippen molar-refractivity contribution in [3.05, 3.63) is 72.1 Å². The molecule has 2 aromatic carbocycles. The van der Waals surface area contributed by atoms with Crippen molar-refractivity contribution in [2.45, 2.75) is 26.7 Å². The van der Waals surface area contributed by atoms with E-state index in [1.54, 1.807) is 12.4 Å². The van der Waals surface area contributed by atoms with Crippen LogP contribution in [0.25, 0.3) is 44.3 Å². The molecule has 3 heterocycles. The number of nitrogens with one attached hydrogen (secondary N) is 2. The van der Waals surface area contributed by atoms with E-state index in [9.17, 15) is 8.78 Å². The second-order valence-electron chi connectivity index (χ2n) is 8.52. The molecule has 0 aliphatic rings. The van der Waals surface area contributed by atoms with Crippen molar-refractivity contribution in [2.24, 2.45) is 0 Å². The van der Waals surface area contributed by atoms with Gasteiger partial charge in [-0.3, -0.25) is 5.10 Å². The van der Waals surface area contributed by atoms with E-state index in [1.807, 2.05) is 24.3 Å². The molecule has 0 unspecified atom stereocenters. The van der Waals surface area contributed by atoms with Crippen molar-refractivity contribution >= 4 is 21.9 Å². The highest BCUT2D eigenvalue weighted by Crippen LogP contribution is 2.33. The molecule has 174 valence electrons. The molecule has 7 heteroatoms. The fourth-order valence-electron chi connectivity index (χ4n) is 4.56. The van der Waals surface area contributed by atoms with Gasteiger partial charge in [0.25, 0.3) is 0 Å². The summed E-state index contributed by atoms with van der Waals surface area (Å²) < 4.78 is 29.8. The van der Waals surface area contributed by atoms with E-state index in [0.717, 1.165) is 53.5 Å². The first-order valence-electron chi connectivity index (χ1n) is 11.7. The van der Waals surface area contributed by atoms with E-state index >= 15 is 0 Å². The van der Waals surface area contributed by atoms with E-state index in [2.05, 4.69) is 45.0 Å². The molecule has 5 rings (SSSR count). The van der Waals surface area contributed by atoms with Gasteiger partial charge in [-0.2, -0.15) is 5.10 Å². The van der Waals surface area contributed by atoms with Crippen LogP contribution < -0.4 is 0 Å². The Morgan fingerprint density at radius 1 is 0.941 bits per heavy atom. The Kier molecular flexibility index (Phi) is 6.11. The van der Waals surface area contributed by atoms with E-state index in [0.29, 0.717) is 23.3 Å². The van der Waals surface area contributed by atoms with Crippen LogP contribution in [0.4, 0.5) is 8.78 Å². The van der Waals surface area contributed by atoms with Gasteiger partial charge in [0.1, 0.15) is 17.3 Å². The number of nitrogens with zero attached hydrogens (tertiary/aromatic N) is 3. The van der Waals surface area contributed by atoms with E-state index in [-0.39, 0.29) is 5.56 Å². The Hall–Kier alpha value is -3.58. The largest absolute Gasteiger partial charge is 0.339 e. The van der Waals surface area contributed by atoms with Crippen molar-refractivity contribution < 1.29 is 8.78 Å². The quantitative estimate of drug-likeness (QED) is 0.285. The maximum Gasteiger partial charge on any atom is 0.138 e. The highest BCUT2D eigenvalue weighted by Gasteiger charge is 2.16. The zero-order chi connectivity index (χ0) is 23.7. The molecule has 0 atom stereocenters. The van der Waals surface area contributed by atoms with Crippen LogP contribution in [0, 0.1) is 11.6 Å². The van der Waals surface area contributed by atoms with Gasteiger partial charge in [0.2, 0.25) is 0 Å². The van der Waals surface area contributed by atoms with Gasteiger partial charge in [0.05, 0.1) is 11.7 Å². The molecule has 0 amide bonds. The first-order chi connectivity index (χ1) is 16.6. The summed E-state index contributed by atoms with van der Waals surface area (Å²) in [4.78, 5) is 9.92. The van der Waals surface area contributed by atoms with Crippen molar-refractivity contribution in [1.29, 1.82) is 0 Å². The van der Waals surface area contributed by atoms with Crippen LogP contribution in [-0.4, -0.2) is 44.7 Å². The lowest BCUT2D eigenvalue weighted by atomic mass is 10.0. The summed E-state index contributed by atoms with van der Waals surface area (Å²) in [7, 11) is 0. The minimum absolute atomic E-state index is 0.152.